The van der Waals surface area contributed by atoms with Crippen molar-refractivity contribution in [3.8, 4) is 11.3 Å². The van der Waals surface area contributed by atoms with E-state index in [1.807, 2.05) is 55.3 Å². The maximum atomic E-state index is 13.5. The number of halogens is 1. The molecule has 3 aromatic heterocycles. The van der Waals surface area contributed by atoms with Gasteiger partial charge in [0.1, 0.15) is 11.6 Å². The maximum Gasteiger partial charge on any atom is 0.228 e. The summed E-state index contributed by atoms with van der Waals surface area (Å²) in [5.74, 6) is 0.384. The number of nitrogens with two attached hydrogens (primary N) is 1. The number of fused-ring (bicyclic) bond motifs is 1. The van der Waals surface area contributed by atoms with Crippen molar-refractivity contribution in [2.75, 3.05) is 23.4 Å². The second-order valence-electron chi connectivity index (χ2n) is 8.83. The molecule has 0 spiro atoms. The number of carbonyl (C=O) groups excluding carboxylic acids is 1. The molecule has 0 radical (unpaired) electrons. The van der Waals surface area contributed by atoms with Crippen LogP contribution in [0.25, 0.3) is 16.9 Å². The van der Waals surface area contributed by atoms with Crippen LogP contribution in [0.1, 0.15) is 18.9 Å². The molecule has 0 saturated carbocycles. The van der Waals surface area contributed by atoms with Crippen molar-refractivity contribution in [1.82, 2.24) is 19.6 Å². The van der Waals surface area contributed by atoms with Gasteiger partial charge in [0.05, 0.1) is 18.1 Å². The molecule has 9 heteroatoms. The number of nitrogens with zero attached hydrogens (tertiary/aromatic N) is 6. The molecule has 0 bridgehead atoms. The first-order valence-electron chi connectivity index (χ1n) is 10.6. The molecule has 4 heterocycles. The summed E-state index contributed by atoms with van der Waals surface area (Å²) in [4.78, 5) is 24.3. The van der Waals surface area contributed by atoms with Crippen molar-refractivity contribution in [3.63, 3.8) is 0 Å². The van der Waals surface area contributed by atoms with Gasteiger partial charge < -0.3 is 15.5 Å². The maximum absolute atomic E-state index is 13.5. The molecule has 1 atom stereocenters. The van der Waals surface area contributed by atoms with Crippen LogP contribution in [-0.2, 0) is 11.3 Å². The number of rotatable bonds is 5. The zero-order valence-electron chi connectivity index (χ0n) is 18.4. The van der Waals surface area contributed by atoms with Gasteiger partial charge in [-0.2, -0.15) is 0 Å². The molecule has 8 nitrogen and oxygen atoms in total. The fourth-order valence-corrected chi connectivity index (χ4v) is 4.15. The Morgan fingerprint density at radius 1 is 1.15 bits per heavy atom. The quantitative estimate of drug-likeness (QED) is 0.508. The smallest absolute Gasteiger partial charge is 0.228 e. The fourth-order valence-electron chi connectivity index (χ4n) is 4.15. The summed E-state index contributed by atoms with van der Waals surface area (Å²) in [7, 11) is 1.89. The second-order valence-corrected chi connectivity index (χ2v) is 8.83. The molecule has 1 fully saturated rings. The highest BCUT2D eigenvalue weighted by Crippen LogP contribution is 2.29. The van der Waals surface area contributed by atoms with Crippen molar-refractivity contribution < 1.29 is 9.18 Å². The normalized spacial score (nSPS) is 18.3. The lowest BCUT2D eigenvalue weighted by atomic mass is 10.0. The van der Waals surface area contributed by atoms with Crippen molar-refractivity contribution in [2.45, 2.75) is 25.4 Å². The highest BCUT2D eigenvalue weighted by molar-refractivity contribution is 5.97. The van der Waals surface area contributed by atoms with E-state index in [1.165, 1.54) is 12.3 Å². The average molecular weight is 446 g/mol. The first-order chi connectivity index (χ1) is 15.8. The molecule has 1 aromatic carbocycles. The predicted molar refractivity (Wildman–Crippen MR) is 124 cm³/mol. The number of carbonyl (C=O) groups is 1. The van der Waals surface area contributed by atoms with Crippen LogP contribution in [0.4, 0.5) is 15.9 Å². The minimum atomic E-state index is -0.509. The lowest BCUT2D eigenvalue weighted by molar-refractivity contribution is -0.117. The van der Waals surface area contributed by atoms with E-state index in [2.05, 4.69) is 9.97 Å². The minimum Gasteiger partial charge on any atom is -0.354 e. The van der Waals surface area contributed by atoms with E-state index in [9.17, 15) is 9.18 Å². The topological polar surface area (TPSA) is 92.6 Å². The number of hydrogen-bond acceptors (Lipinski definition) is 6. The molecule has 1 saturated heterocycles. The molecule has 1 aliphatic rings. The number of aromatic nitrogens is 4. The summed E-state index contributed by atoms with van der Waals surface area (Å²) < 4.78 is 15.3. The zero-order chi connectivity index (χ0) is 23.2. The van der Waals surface area contributed by atoms with Crippen LogP contribution in [0.3, 0.4) is 0 Å². The highest BCUT2D eigenvalue weighted by Gasteiger charge is 2.36. The Morgan fingerprint density at radius 2 is 1.94 bits per heavy atom. The predicted octanol–water partition coefficient (Wildman–Crippen LogP) is 3.02. The Bertz CT molecular complexity index is 1330. The standard InChI is InChI=1S/C24H24FN7O/c1-24(26)10-23(33)31(15-24)19-5-3-17(4-6-19)20-13-28-21-7-8-22(29-32(20)21)30(2)14-16-9-18(25)12-27-11-16/h3-9,11-13H,10,14-15,26H2,1-2H3. The molecule has 1 unspecified atom stereocenters. The summed E-state index contributed by atoms with van der Waals surface area (Å²) in [6.07, 6.45) is 4.94. The summed E-state index contributed by atoms with van der Waals surface area (Å²) in [6.45, 7) is 2.85. The van der Waals surface area contributed by atoms with E-state index in [0.29, 0.717) is 31.0 Å². The Labute approximate surface area is 190 Å². The molecule has 2 N–H and O–H groups in total. The molecule has 5 rings (SSSR count). The number of hydrogen-bond donors (Lipinski definition) is 1. The molecular formula is C24H24FN7O. The van der Waals surface area contributed by atoms with E-state index < -0.39 is 5.54 Å². The van der Waals surface area contributed by atoms with Gasteiger partial charge in [-0.25, -0.2) is 13.9 Å². The van der Waals surface area contributed by atoms with E-state index in [-0.39, 0.29) is 11.7 Å². The number of anilines is 2. The van der Waals surface area contributed by atoms with Crippen LogP contribution >= 0.6 is 0 Å². The number of benzene rings is 1. The third-order valence-corrected chi connectivity index (χ3v) is 5.77. The number of amides is 1. The largest absolute Gasteiger partial charge is 0.354 e. The molecule has 0 aliphatic carbocycles. The van der Waals surface area contributed by atoms with Gasteiger partial charge in [-0.05, 0) is 42.8 Å². The third kappa shape index (κ3) is 4.14. The third-order valence-electron chi connectivity index (χ3n) is 5.77. The Morgan fingerprint density at radius 3 is 2.64 bits per heavy atom. The highest BCUT2D eigenvalue weighted by atomic mass is 19.1. The molecule has 1 aliphatic heterocycles. The first-order valence-corrected chi connectivity index (χ1v) is 10.6. The van der Waals surface area contributed by atoms with Crippen LogP contribution in [-0.4, -0.2) is 44.6 Å². The number of imidazole rings is 1. The van der Waals surface area contributed by atoms with Crippen molar-refractivity contribution in [2.24, 2.45) is 5.73 Å². The monoisotopic (exact) mass is 445 g/mol. The Balaban J connectivity index is 1.41. The van der Waals surface area contributed by atoms with Crippen LogP contribution < -0.4 is 15.5 Å². The van der Waals surface area contributed by atoms with Gasteiger partial charge in [0.2, 0.25) is 5.91 Å². The van der Waals surface area contributed by atoms with Gasteiger partial charge in [0.15, 0.2) is 5.65 Å². The Kier molecular flexibility index (Phi) is 5.05. The molecule has 4 aromatic rings. The lowest BCUT2D eigenvalue weighted by Gasteiger charge is -2.20. The van der Waals surface area contributed by atoms with Gasteiger partial charge in [-0.1, -0.05) is 12.1 Å². The first kappa shape index (κ1) is 21.0. The minimum absolute atomic E-state index is 0.0328. The Hall–Kier alpha value is -3.85. The summed E-state index contributed by atoms with van der Waals surface area (Å²) in [6, 6.07) is 13.0. The zero-order valence-corrected chi connectivity index (χ0v) is 18.4. The fraction of sp³-hybridized carbons (Fsp3) is 0.250. The van der Waals surface area contributed by atoms with Crippen LogP contribution in [0.2, 0.25) is 0 Å². The van der Waals surface area contributed by atoms with Crippen LogP contribution in [0.5, 0.6) is 0 Å². The summed E-state index contributed by atoms with van der Waals surface area (Å²) in [5, 5.41) is 4.75. The molecule has 33 heavy (non-hydrogen) atoms. The van der Waals surface area contributed by atoms with Crippen molar-refractivity contribution in [3.05, 3.63) is 72.4 Å². The van der Waals surface area contributed by atoms with Crippen molar-refractivity contribution in [1.29, 1.82) is 0 Å². The van der Waals surface area contributed by atoms with E-state index in [4.69, 9.17) is 10.8 Å². The SMILES string of the molecule is CN(Cc1cncc(F)c1)c1ccc2ncc(-c3ccc(N4CC(C)(N)CC4=O)cc3)n2n1. The number of pyridine rings is 1. The van der Waals surface area contributed by atoms with E-state index >= 15 is 0 Å². The summed E-state index contributed by atoms with van der Waals surface area (Å²) >= 11 is 0. The molecule has 168 valence electrons. The van der Waals surface area contributed by atoms with Crippen molar-refractivity contribution >= 4 is 23.1 Å². The lowest BCUT2D eigenvalue weighted by Crippen LogP contribution is -2.39. The van der Waals surface area contributed by atoms with Gasteiger partial charge in [0.25, 0.3) is 0 Å². The van der Waals surface area contributed by atoms with E-state index in [0.717, 1.165) is 22.5 Å². The average Bonchev–Trinajstić information content (AvgIpc) is 3.32. The second kappa shape index (κ2) is 7.93. The van der Waals surface area contributed by atoms with Crippen LogP contribution in [0.15, 0.2) is 61.1 Å². The summed E-state index contributed by atoms with van der Waals surface area (Å²) in [5.41, 5.74) is 9.69. The van der Waals surface area contributed by atoms with Gasteiger partial charge in [-0.3, -0.25) is 9.78 Å². The van der Waals surface area contributed by atoms with Gasteiger partial charge in [0, 0.05) is 49.5 Å². The van der Waals surface area contributed by atoms with Crippen LogP contribution in [0, 0.1) is 5.82 Å². The molecule has 1 amide bonds. The molecular weight excluding hydrogens is 421 g/mol. The van der Waals surface area contributed by atoms with Gasteiger partial charge in [-0.15, -0.1) is 5.10 Å². The van der Waals surface area contributed by atoms with Gasteiger partial charge >= 0.3 is 0 Å². The van der Waals surface area contributed by atoms with E-state index in [1.54, 1.807) is 21.8 Å².